The zero-order valence-electron chi connectivity index (χ0n) is 22.0. The van der Waals surface area contributed by atoms with Gasteiger partial charge in [-0.05, 0) is 66.4 Å². The fraction of sp³-hybridized carbons (Fsp3) is 0.300. The van der Waals surface area contributed by atoms with Gasteiger partial charge in [0.15, 0.2) is 5.78 Å². The quantitative estimate of drug-likeness (QED) is 0.228. The Morgan fingerprint density at radius 1 is 0.921 bits per heavy atom. The summed E-state index contributed by atoms with van der Waals surface area (Å²) in [6.45, 7) is 6.21. The molecule has 3 aromatic rings. The molecule has 2 amide bonds. The van der Waals surface area contributed by atoms with Crippen molar-refractivity contribution in [2.45, 2.75) is 46.6 Å². The van der Waals surface area contributed by atoms with Gasteiger partial charge in [-0.15, -0.1) is 0 Å². The van der Waals surface area contributed by atoms with Crippen molar-refractivity contribution in [3.8, 4) is 5.75 Å². The minimum absolute atomic E-state index is 0.0259. The summed E-state index contributed by atoms with van der Waals surface area (Å²) < 4.78 is 6.32. The van der Waals surface area contributed by atoms with Gasteiger partial charge >= 0.3 is 0 Å². The van der Waals surface area contributed by atoms with E-state index in [-0.39, 0.29) is 35.2 Å². The largest absolute Gasteiger partial charge is 0.496 e. The molecular formula is C30H32BrClN2O4. The maximum absolute atomic E-state index is 13.1. The molecule has 0 saturated carbocycles. The molecule has 0 bridgehead atoms. The summed E-state index contributed by atoms with van der Waals surface area (Å²) in [6.07, 6.45) is 1.66. The van der Waals surface area contributed by atoms with Crippen LogP contribution < -0.4 is 15.4 Å². The Balaban J connectivity index is 1.76. The number of hydrogen-bond donors (Lipinski definition) is 2. The van der Waals surface area contributed by atoms with Crippen LogP contribution in [0.4, 0.5) is 5.69 Å². The molecule has 0 aliphatic carbocycles. The Morgan fingerprint density at radius 2 is 1.58 bits per heavy atom. The maximum atomic E-state index is 13.1. The first kappa shape index (κ1) is 29.4. The Morgan fingerprint density at radius 3 is 2.21 bits per heavy atom. The Bertz CT molecular complexity index is 1320. The highest BCUT2D eigenvalue weighted by Crippen LogP contribution is 2.27. The van der Waals surface area contributed by atoms with Crippen molar-refractivity contribution in [1.82, 2.24) is 5.32 Å². The molecule has 3 rings (SSSR count). The molecule has 0 aromatic heterocycles. The average molecular weight is 600 g/mol. The van der Waals surface area contributed by atoms with Gasteiger partial charge in [0.1, 0.15) is 5.75 Å². The highest BCUT2D eigenvalue weighted by molar-refractivity contribution is 9.10. The van der Waals surface area contributed by atoms with E-state index < -0.39 is 11.3 Å². The van der Waals surface area contributed by atoms with E-state index in [2.05, 4.69) is 26.6 Å². The van der Waals surface area contributed by atoms with Crippen LogP contribution in [-0.2, 0) is 17.8 Å². The van der Waals surface area contributed by atoms with Crippen LogP contribution in [0.25, 0.3) is 0 Å². The number of amides is 2. The number of carbonyl (C=O) groups excluding carboxylic acids is 3. The van der Waals surface area contributed by atoms with Crippen LogP contribution in [0.5, 0.6) is 5.75 Å². The molecule has 0 spiro atoms. The highest BCUT2D eigenvalue weighted by Gasteiger charge is 2.28. The van der Waals surface area contributed by atoms with Gasteiger partial charge in [0.2, 0.25) is 5.91 Å². The molecule has 0 aliphatic heterocycles. The van der Waals surface area contributed by atoms with Crippen LogP contribution in [0.15, 0.2) is 65.1 Å². The number of hydrogen-bond acceptors (Lipinski definition) is 4. The number of rotatable bonds is 11. The van der Waals surface area contributed by atoms with Gasteiger partial charge in [-0.25, -0.2) is 0 Å². The maximum Gasteiger partial charge on any atom is 0.257 e. The molecule has 38 heavy (non-hydrogen) atoms. The van der Waals surface area contributed by atoms with Crippen molar-refractivity contribution >= 4 is 50.8 Å². The molecular weight excluding hydrogens is 568 g/mol. The zero-order valence-corrected chi connectivity index (χ0v) is 24.3. The second-order valence-electron chi connectivity index (χ2n) is 9.36. The standard InChI is InChI=1S/C30H32BrClN2O4/c1-5-30(3,6-2)29(37)33-18-20-9-13-25(32)23(15-20)28(36)34-22-12-14-27(38-4)24(17-22)26(35)16-19-7-10-21(31)11-8-19/h7-15,17H,5-6,16,18H2,1-4H3,(H,33,37)(H,34,36). The van der Waals surface area contributed by atoms with Crippen LogP contribution in [0.1, 0.15) is 65.5 Å². The summed E-state index contributed by atoms with van der Waals surface area (Å²) in [5, 5.41) is 6.07. The lowest BCUT2D eigenvalue weighted by molar-refractivity contribution is -0.130. The van der Waals surface area contributed by atoms with Crippen LogP contribution in [0, 0.1) is 5.41 Å². The van der Waals surface area contributed by atoms with Crippen molar-refractivity contribution < 1.29 is 19.1 Å². The first-order chi connectivity index (χ1) is 18.1. The van der Waals surface area contributed by atoms with Crippen molar-refractivity contribution in [3.63, 3.8) is 0 Å². The smallest absolute Gasteiger partial charge is 0.257 e. The zero-order chi connectivity index (χ0) is 27.9. The average Bonchev–Trinajstić information content (AvgIpc) is 2.92. The molecule has 8 heteroatoms. The number of carbonyl (C=O) groups is 3. The second kappa shape index (κ2) is 13.1. The summed E-state index contributed by atoms with van der Waals surface area (Å²) in [6, 6.07) is 17.5. The molecule has 0 atom stereocenters. The third-order valence-electron chi connectivity index (χ3n) is 6.87. The van der Waals surface area contributed by atoms with Crippen molar-refractivity contribution in [2.75, 3.05) is 12.4 Å². The minimum atomic E-state index is -0.437. The van der Waals surface area contributed by atoms with Gasteiger partial charge in [-0.2, -0.15) is 0 Å². The van der Waals surface area contributed by atoms with E-state index >= 15 is 0 Å². The summed E-state index contributed by atoms with van der Waals surface area (Å²) in [4.78, 5) is 38.8. The summed E-state index contributed by atoms with van der Waals surface area (Å²) >= 11 is 9.74. The number of anilines is 1. The van der Waals surface area contributed by atoms with E-state index in [1.54, 1.807) is 36.4 Å². The monoisotopic (exact) mass is 598 g/mol. The SMILES string of the molecule is CCC(C)(CC)C(=O)NCc1ccc(Cl)c(C(=O)Nc2ccc(OC)c(C(=O)Cc3ccc(Br)cc3)c2)c1. The van der Waals surface area contributed by atoms with Gasteiger partial charge in [0.05, 0.1) is 23.3 Å². The highest BCUT2D eigenvalue weighted by atomic mass is 79.9. The van der Waals surface area contributed by atoms with E-state index in [4.69, 9.17) is 16.3 Å². The number of ketones is 1. The fourth-order valence-corrected chi connectivity index (χ4v) is 4.38. The molecule has 6 nitrogen and oxygen atoms in total. The Labute approximate surface area is 237 Å². The normalized spacial score (nSPS) is 11.1. The third-order valence-corrected chi connectivity index (χ3v) is 7.73. The molecule has 0 unspecified atom stereocenters. The number of ether oxygens (including phenoxy) is 1. The van der Waals surface area contributed by atoms with E-state index in [0.29, 0.717) is 17.0 Å². The molecule has 0 radical (unpaired) electrons. The molecule has 0 aliphatic rings. The predicted molar refractivity (Wildman–Crippen MR) is 155 cm³/mol. The lowest BCUT2D eigenvalue weighted by atomic mass is 9.84. The first-order valence-electron chi connectivity index (χ1n) is 12.4. The summed E-state index contributed by atoms with van der Waals surface area (Å²) in [5.74, 6) is -0.164. The van der Waals surface area contributed by atoms with Gasteiger partial charge in [-0.1, -0.05) is 66.5 Å². The fourth-order valence-electron chi connectivity index (χ4n) is 3.91. The number of benzene rings is 3. The summed E-state index contributed by atoms with van der Waals surface area (Å²) in [7, 11) is 1.50. The molecule has 0 heterocycles. The van der Waals surface area contributed by atoms with Gasteiger partial charge < -0.3 is 15.4 Å². The topological polar surface area (TPSA) is 84.5 Å². The van der Waals surface area contributed by atoms with Crippen molar-refractivity contribution in [3.05, 3.63) is 92.4 Å². The van der Waals surface area contributed by atoms with E-state index in [1.807, 2.05) is 45.0 Å². The van der Waals surface area contributed by atoms with Crippen LogP contribution >= 0.6 is 27.5 Å². The minimum Gasteiger partial charge on any atom is -0.496 e. The van der Waals surface area contributed by atoms with E-state index in [1.165, 1.54) is 7.11 Å². The number of methoxy groups -OCH3 is 1. The summed E-state index contributed by atoms with van der Waals surface area (Å²) in [5.41, 5.74) is 2.25. The molecule has 0 fully saturated rings. The lowest BCUT2D eigenvalue weighted by Gasteiger charge is -2.25. The second-order valence-corrected chi connectivity index (χ2v) is 10.7. The van der Waals surface area contributed by atoms with Gasteiger partial charge in [0, 0.05) is 28.5 Å². The lowest BCUT2D eigenvalue weighted by Crippen LogP contribution is -2.37. The third kappa shape index (κ3) is 7.23. The van der Waals surface area contributed by atoms with Gasteiger partial charge in [-0.3, -0.25) is 14.4 Å². The number of nitrogens with one attached hydrogen (secondary N) is 2. The van der Waals surface area contributed by atoms with Crippen LogP contribution in [0.2, 0.25) is 5.02 Å². The van der Waals surface area contributed by atoms with Crippen LogP contribution in [-0.4, -0.2) is 24.7 Å². The Kier molecular flexibility index (Phi) is 10.1. The molecule has 2 N–H and O–H groups in total. The van der Waals surface area contributed by atoms with E-state index in [9.17, 15) is 14.4 Å². The van der Waals surface area contributed by atoms with E-state index in [0.717, 1.165) is 28.4 Å². The molecule has 3 aromatic carbocycles. The Hall–Kier alpha value is -3.16. The number of Topliss-reactive ketones (excluding diaryl/α,β-unsaturated/α-hetero) is 1. The van der Waals surface area contributed by atoms with Crippen LogP contribution in [0.3, 0.4) is 0 Å². The predicted octanol–water partition coefficient (Wildman–Crippen LogP) is 7.23. The molecule has 0 saturated heterocycles. The molecule has 200 valence electrons. The first-order valence-corrected chi connectivity index (χ1v) is 13.6. The number of halogens is 2. The van der Waals surface area contributed by atoms with Gasteiger partial charge in [0.25, 0.3) is 5.91 Å². The van der Waals surface area contributed by atoms with Crippen molar-refractivity contribution in [1.29, 1.82) is 0 Å². The van der Waals surface area contributed by atoms with Crippen molar-refractivity contribution in [2.24, 2.45) is 5.41 Å².